The largest absolute Gasteiger partial charge is 0.325 e. The molecular formula is C26H33FNO3PS. The monoisotopic (exact) mass is 489 g/mol. The number of halogens is 1. The minimum absolute atomic E-state index is 0.0757. The van der Waals surface area contributed by atoms with E-state index in [1.807, 2.05) is 6.07 Å². The molecular weight excluding hydrogens is 456 g/mol. The predicted molar refractivity (Wildman–Crippen MR) is 135 cm³/mol. The summed E-state index contributed by atoms with van der Waals surface area (Å²) in [7, 11) is -3.93. The quantitative estimate of drug-likeness (QED) is 0.191. The molecule has 1 aromatic carbocycles. The molecule has 2 N–H and O–H groups in total. The zero-order chi connectivity index (χ0) is 23.7. The highest BCUT2D eigenvalue weighted by Gasteiger charge is 2.14. The van der Waals surface area contributed by atoms with Crippen LogP contribution in [0.3, 0.4) is 0 Å². The number of aryl methyl sites for hydroxylation is 2. The molecule has 0 radical (unpaired) electrons. The van der Waals surface area contributed by atoms with Crippen molar-refractivity contribution in [3.63, 3.8) is 0 Å². The molecule has 3 rings (SSSR count). The summed E-state index contributed by atoms with van der Waals surface area (Å²) in [5.74, 6) is 0. The van der Waals surface area contributed by atoms with Crippen LogP contribution in [0.4, 0.5) is 4.39 Å². The van der Waals surface area contributed by atoms with E-state index in [2.05, 4.69) is 37.3 Å². The predicted octanol–water partition coefficient (Wildman–Crippen LogP) is 7.63. The summed E-state index contributed by atoms with van der Waals surface area (Å²) in [5, 5.41) is -0.233. The van der Waals surface area contributed by atoms with Gasteiger partial charge in [0.1, 0.15) is 0 Å². The van der Waals surface area contributed by atoms with E-state index in [0.717, 1.165) is 64.4 Å². The van der Waals surface area contributed by atoms with Crippen molar-refractivity contribution in [3.8, 4) is 21.7 Å². The smallest absolute Gasteiger partial charge is 0.324 e. The summed E-state index contributed by atoms with van der Waals surface area (Å²) < 4.78 is 24.8. The normalized spacial score (nSPS) is 11.8. The molecule has 178 valence electrons. The highest BCUT2D eigenvalue weighted by atomic mass is 32.1. The van der Waals surface area contributed by atoms with Crippen molar-refractivity contribution in [2.45, 2.75) is 64.7 Å². The Morgan fingerprint density at radius 1 is 0.879 bits per heavy atom. The maximum absolute atomic E-state index is 13.8. The third-order valence-corrected chi connectivity index (χ3v) is 7.51. The van der Waals surface area contributed by atoms with Gasteiger partial charge in [0.2, 0.25) is 0 Å². The first-order valence-electron chi connectivity index (χ1n) is 11.8. The van der Waals surface area contributed by atoms with E-state index in [1.165, 1.54) is 37.3 Å². The lowest BCUT2D eigenvalue weighted by Gasteiger charge is -2.11. The van der Waals surface area contributed by atoms with Crippen molar-refractivity contribution in [3.05, 3.63) is 64.9 Å². The van der Waals surface area contributed by atoms with E-state index in [9.17, 15) is 8.96 Å². The first-order valence-corrected chi connectivity index (χ1v) is 14.4. The van der Waals surface area contributed by atoms with Gasteiger partial charge in [-0.05, 0) is 61.4 Å². The standard InChI is InChI=1S/C26H33FNO3PS/c1-2-3-4-6-9-20-11-13-21(14-12-20)23-16-15-22(10-7-5-8-19-32(29,30)31)28-26(23)24-17-18-25(27)33-24/h11-18H,2-10,19H2,1H3,(H2,29,30,31). The van der Waals surface area contributed by atoms with Gasteiger partial charge in [-0.25, -0.2) is 0 Å². The summed E-state index contributed by atoms with van der Waals surface area (Å²) in [5.41, 5.74) is 5.08. The SMILES string of the molecule is CCCCCCc1ccc(-c2ccc(CCCCCP(=O)(O)O)nc2-c2ccc(F)s2)cc1. The van der Waals surface area contributed by atoms with Crippen LogP contribution in [0.1, 0.15) is 63.1 Å². The Morgan fingerprint density at radius 3 is 2.27 bits per heavy atom. The van der Waals surface area contributed by atoms with Gasteiger partial charge in [0.15, 0.2) is 5.13 Å². The number of aromatic nitrogens is 1. The van der Waals surface area contributed by atoms with Gasteiger partial charge < -0.3 is 9.79 Å². The minimum atomic E-state index is -3.93. The molecule has 0 aliphatic rings. The Labute approximate surface area is 200 Å². The van der Waals surface area contributed by atoms with Gasteiger partial charge in [0, 0.05) is 17.4 Å². The molecule has 0 unspecified atom stereocenters. The Balaban J connectivity index is 1.73. The molecule has 0 atom stereocenters. The maximum atomic E-state index is 13.8. The van der Waals surface area contributed by atoms with E-state index in [1.54, 1.807) is 6.07 Å². The molecule has 0 saturated heterocycles. The molecule has 0 fully saturated rings. The molecule has 7 heteroatoms. The summed E-state index contributed by atoms with van der Waals surface area (Å²) in [6, 6.07) is 15.9. The van der Waals surface area contributed by atoms with Crippen LogP contribution >= 0.6 is 18.9 Å². The number of nitrogens with zero attached hydrogens (tertiary/aromatic N) is 1. The van der Waals surface area contributed by atoms with Gasteiger partial charge in [0.25, 0.3) is 0 Å². The van der Waals surface area contributed by atoms with Crippen molar-refractivity contribution in [1.29, 1.82) is 0 Å². The molecule has 0 amide bonds. The van der Waals surface area contributed by atoms with Crippen LogP contribution in [0, 0.1) is 5.13 Å². The van der Waals surface area contributed by atoms with Gasteiger partial charge in [-0.1, -0.05) is 62.9 Å². The van der Waals surface area contributed by atoms with Gasteiger partial charge in [0.05, 0.1) is 10.6 Å². The molecule has 2 heterocycles. The molecule has 0 aliphatic heterocycles. The lowest BCUT2D eigenvalue weighted by atomic mass is 9.98. The van der Waals surface area contributed by atoms with Crippen LogP contribution in [0.25, 0.3) is 21.7 Å². The average Bonchev–Trinajstić information content (AvgIpc) is 3.22. The van der Waals surface area contributed by atoms with E-state index in [0.29, 0.717) is 6.42 Å². The topological polar surface area (TPSA) is 70.4 Å². The number of rotatable bonds is 13. The average molecular weight is 490 g/mol. The van der Waals surface area contributed by atoms with Gasteiger partial charge >= 0.3 is 7.60 Å². The van der Waals surface area contributed by atoms with Crippen LogP contribution in [0.2, 0.25) is 0 Å². The molecule has 0 aliphatic carbocycles. The van der Waals surface area contributed by atoms with Gasteiger partial charge in [-0.15, -0.1) is 11.3 Å². The second kappa shape index (κ2) is 12.6. The van der Waals surface area contributed by atoms with Crippen LogP contribution in [0.5, 0.6) is 0 Å². The van der Waals surface area contributed by atoms with Crippen molar-refractivity contribution in [2.75, 3.05) is 6.16 Å². The fourth-order valence-electron chi connectivity index (χ4n) is 3.91. The Morgan fingerprint density at radius 2 is 1.61 bits per heavy atom. The third-order valence-electron chi connectivity index (χ3n) is 5.73. The third kappa shape index (κ3) is 8.46. The molecule has 33 heavy (non-hydrogen) atoms. The second-order valence-electron chi connectivity index (χ2n) is 8.51. The first-order chi connectivity index (χ1) is 15.9. The van der Waals surface area contributed by atoms with Gasteiger partial charge in [-0.2, -0.15) is 4.39 Å². The highest BCUT2D eigenvalue weighted by molar-refractivity contribution is 7.51. The minimum Gasteiger partial charge on any atom is -0.324 e. The van der Waals surface area contributed by atoms with Gasteiger partial charge in [-0.3, -0.25) is 9.55 Å². The van der Waals surface area contributed by atoms with Crippen LogP contribution in [-0.2, 0) is 17.4 Å². The summed E-state index contributed by atoms with van der Waals surface area (Å²) in [6.07, 6.45) is 8.75. The second-order valence-corrected chi connectivity index (χ2v) is 11.3. The molecule has 4 nitrogen and oxygen atoms in total. The van der Waals surface area contributed by atoms with E-state index in [-0.39, 0.29) is 11.3 Å². The molecule has 2 aromatic heterocycles. The number of benzene rings is 1. The lowest BCUT2D eigenvalue weighted by Crippen LogP contribution is -1.96. The van der Waals surface area contributed by atoms with Crippen LogP contribution < -0.4 is 0 Å². The molecule has 0 saturated carbocycles. The van der Waals surface area contributed by atoms with Crippen molar-refractivity contribution in [1.82, 2.24) is 4.98 Å². The Hall–Kier alpha value is -1.85. The van der Waals surface area contributed by atoms with E-state index < -0.39 is 7.60 Å². The number of thiophene rings is 1. The Bertz CT molecular complexity index is 1060. The van der Waals surface area contributed by atoms with E-state index >= 15 is 0 Å². The van der Waals surface area contributed by atoms with Crippen molar-refractivity contribution < 1.29 is 18.7 Å². The molecule has 0 spiro atoms. The number of hydrogen-bond acceptors (Lipinski definition) is 3. The molecule has 3 aromatic rings. The maximum Gasteiger partial charge on any atom is 0.325 e. The fraction of sp³-hybridized carbons (Fsp3) is 0.423. The van der Waals surface area contributed by atoms with E-state index in [4.69, 9.17) is 14.8 Å². The zero-order valence-electron chi connectivity index (χ0n) is 19.2. The lowest BCUT2D eigenvalue weighted by molar-refractivity contribution is 0.371. The van der Waals surface area contributed by atoms with Crippen molar-refractivity contribution >= 4 is 18.9 Å². The highest BCUT2D eigenvalue weighted by Crippen LogP contribution is 2.36. The molecule has 0 bridgehead atoms. The van der Waals surface area contributed by atoms with Crippen molar-refractivity contribution in [2.24, 2.45) is 0 Å². The fourth-order valence-corrected chi connectivity index (χ4v) is 5.28. The number of pyridine rings is 1. The summed E-state index contributed by atoms with van der Waals surface area (Å²) >= 11 is 1.10. The number of hydrogen-bond donors (Lipinski definition) is 2. The number of unbranched alkanes of at least 4 members (excludes halogenated alkanes) is 5. The zero-order valence-corrected chi connectivity index (χ0v) is 20.9. The van der Waals surface area contributed by atoms with Crippen LogP contribution in [0.15, 0.2) is 48.5 Å². The summed E-state index contributed by atoms with van der Waals surface area (Å²) in [6.45, 7) is 2.22. The Kier molecular flexibility index (Phi) is 9.81. The first kappa shape index (κ1) is 25.8. The summed E-state index contributed by atoms with van der Waals surface area (Å²) in [4.78, 5) is 23.6. The van der Waals surface area contributed by atoms with Crippen LogP contribution in [-0.4, -0.2) is 20.9 Å².